The van der Waals surface area contributed by atoms with Gasteiger partial charge in [-0.3, -0.25) is 4.79 Å². The second kappa shape index (κ2) is 6.37. The summed E-state index contributed by atoms with van der Waals surface area (Å²) in [4.78, 5) is 12.9. The van der Waals surface area contributed by atoms with Gasteiger partial charge in [0.25, 0.3) is 0 Å². The van der Waals surface area contributed by atoms with Crippen LogP contribution in [0, 0.1) is 13.8 Å². The van der Waals surface area contributed by atoms with Crippen molar-refractivity contribution in [2.45, 2.75) is 45.3 Å². The molecular formula is C22H20Cl2O3. The number of aliphatic hydroxyl groups excluding tert-OH is 1. The van der Waals surface area contributed by atoms with Crippen LogP contribution in [0.1, 0.15) is 36.5 Å². The first kappa shape index (κ1) is 18.5. The summed E-state index contributed by atoms with van der Waals surface area (Å²) in [5.41, 5.74) is 4.13. The number of carbonyl (C=O) groups excluding carboxylic acids is 1. The maximum absolute atomic E-state index is 12.9. The summed E-state index contributed by atoms with van der Waals surface area (Å²) in [6.45, 7) is 5.75. The van der Waals surface area contributed by atoms with Gasteiger partial charge in [-0.2, -0.15) is 0 Å². The predicted molar refractivity (Wildman–Crippen MR) is 108 cm³/mol. The normalized spacial score (nSPS) is 24.6. The number of hydrogen-bond donors (Lipinski definition) is 1. The predicted octanol–water partition coefficient (Wildman–Crippen LogP) is 6.07. The number of hydrogen-bond acceptors (Lipinski definition) is 3. The Morgan fingerprint density at radius 1 is 1.04 bits per heavy atom. The van der Waals surface area contributed by atoms with Gasteiger partial charge in [-0.15, -0.1) is 0 Å². The lowest BCUT2D eigenvalue weighted by atomic mass is 9.85. The van der Waals surface area contributed by atoms with E-state index in [0.29, 0.717) is 28.5 Å². The number of Topliss-reactive ketones (excluding diaryl/α,β-unsaturated/α-hetero) is 1. The van der Waals surface area contributed by atoms with Gasteiger partial charge in [0.2, 0.25) is 0 Å². The molecule has 1 N–H and O–H groups in total. The van der Waals surface area contributed by atoms with Crippen molar-refractivity contribution in [3.05, 3.63) is 62.8 Å². The molecule has 2 aromatic rings. The molecular weight excluding hydrogens is 383 g/mol. The molecule has 2 aliphatic rings. The number of aliphatic hydroxyl groups is 1. The van der Waals surface area contributed by atoms with Crippen LogP contribution in [0.4, 0.5) is 0 Å². The van der Waals surface area contributed by atoms with E-state index in [1.807, 2.05) is 45.0 Å². The van der Waals surface area contributed by atoms with Gasteiger partial charge in [-0.1, -0.05) is 35.3 Å². The minimum Gasteiger partial charge on any atom is -0.508 e. The quantitative estimate of drug-likeness (QED) is 0.662. The number of fused-ring (bicyclic) bond motifs is 2. The molecule has 2 aliphatic heterocycles. The van der Waals surface area contributed by atoms with Crippen molar-refractivity contribution in [1.82, 2.24) is 0 Å². The molecule has 0 aliphatic carbocycles. The molecule has 2 aromatic carbocycles. The van der Waals surface area contributed by atoms with Gasteiger partial charge in [0.15, 0.2) is 5.78 Å². The Balaban J connectivity index is 1.87. The van der Waals surface area contributed by atoms with Crippen molar-refractivity contribution < 1.29 is 14.6 Å². The molecule has 4 rings (SSSR count). The van der Waals surface area contributed by atoms with Gasteiger partial charge < -0.3 is 9.84 Å². The van der Waals surface area contributed by atoms with Crippen molar-refractivity contribution >= 4 is 34.6 Å². The van der Waals surface area contributed by atoms with Crippen molar-refractivity contribution in [2.75, 3.05) is 0 Å². The topological polar surface area (TPSA) is 46.5 Å². The first-order valence-corrected chi connectivity index (χ1v) is 9.69. The van der Waals surface area contributed by atoms with Crippen LogP contribution >= 0.6 is 23.2 Å². The molecule has 1 saturated heterocycles. The number of carbonyl (C=O) groups is 1. The smallest absolute Gasteiger partial charge is 0.195 e. The molecule has 0 amide bonds. The van der Waals surface area contributed by atoms with E-state index >= 15 is 0 Å². The Bertz CT molecular complexity index is 965. The third kappa shape index (κ3) is 2.98. The largest absolute Gasteiger partial charge is 0.508 e. The van der Waals surface area contributed by atoms with Gasteiger partial charge >= 0.3 is 0 Å². The minimum absolute atomic E-state index is 0.0472. The molecule has 0 unspecified atom stereocenters. The Kier molecular flexibility index (Phi) is 4.38. The highest BCUT2D eigenvalue weighted by Gasteiger charge is 2.50. The van der Waals surface area contributed by atoms with E-state index in [-0.39, 0.29) is 11.5 Å². The molecule has 2 bridgehead atoms. The van der Waals surface area contributed by atoms with E-state index in [4.69, 9.17) is 27.9 Å². The summed E-state index contributed by atoms with van der Waals surface area (Å²) in [6.07, 6.45) is 0.821. The SMILES string of the molecule is Cc1cc(-c2cc(Cl)cc(Cl)c2)cc(C)c1C1=C(O)[C@@]2(C)CC[C@H](O2)C1=O. The average Bonchev–Trinajstić information content (AvgIpc) is 2.96. The molecule has 0 radical (unpaired) electrons. The fourth-order valence-corrected chi connectivity index (χ4v) is 4.75. The first-order valence-electron chi connectivity index (χ1n) is 8.93. The van der Waals surface area contributed by atoms with E-state index in [0.717, 1.165) is 27.8 Å². The Morgan fingerprint density at radius 3 is 2.19 bits per heavy atom. The zero-order valence-electron chi connectivity index (χ0n) is 15.4. The standard InChI is InChI=1S/C22H20Cl2O3/c1-11-6-13(14-8-15(23)10-16(24)9-14)7-12(2)18(11)19-20(25)17-4-5-22(3,27-17)21(19)26/h6-10,17,26H,4-5H2,1-3H3/t17-,22+/m0/s1. The second-order valence-electron chi connectivity index (χ2n) is 7.61. The molecule has 140 valence electrons. The molecule has 2 atom stereocenters. The summed E-state index contributed by atoms with van der Waals surface area (Å²) in [5.74, 6) is -0.0850. The van der Waals surface area contributed by atoms with Crippen LogP contribution in [-0.4, -0.2) is 22.6 Å². The van der Waals surface area contributed by atoms with E-state index < -0.39 is 11.7 Å². The zero-order chi connectivity index (χ0) is 19.5. The summed E-state index contributed by atoms with van der Waals surface area (Å²) in [7, 11) is 0. The third-order valence-electron chi connectivity index (χ3n) is 5.54. The molecule has 0 aromatic heterocycles. The maximum Gasteiger partial charge on any atom is 0.195 e. The molecule has 0 spiro atoms. The number of ether oxygens (including phenoxy) is 1. The van der Waals surface area contributed by atoms with Gasteiger partial charge in [0, 0.05) is 10.0 Å². The van der Waals surface area contributed by atoms with Gasteiger partial charge in [0.05, 0.1) is 5.57 Å². The van der Waals surface area contributed by atoms with Crippen LogP contribution in [0.2, 0.25) is 10.0 Å². The number of ketones is 1. The van der Waals surface area contributed by atoms with Crippen molar-refractivity contribution in [2.24, 2.45) is 0 Å². The summed E-state index contributed by atoms with van der Waals surface area (Å²) >= 11 is 12.3. The number of halogens is 2. The van der Waals surface area contributed by atoms with E-state index in [1.54, 1.807) is 6.07 Å². The fourth-order valence-electron chi connectivity index (χ4n) is 4.23. The van der Waals surface area contributed by atoms with Crippen LogP contribution in [0.15, 0.2) is 36.1 Å². The third-order valence-corrected chi connectivity index (χ3v) is 5.98. The number of aryl methyl sites for hydroxylation is 2. The lowest BCUT2D eigenvalue weighted by molar-refractivity contribution is -0.130. The highest BCUT2D eigenvalue weighted by molar-refractivity contribution is 6.35. The van der Waals surface area contributed by atoms with Crippen LogP contribution in [0.3, 0.4) is 0 Å². The summed E-state index contributed by atoms with van der Waals surface area (Å²) in [6, 6.07) is 9.41. The van der Waals surface area contributed by atoms with Gasteiger partial charge in [0.1, 0.15) is 17.5 Å². The Morgan fingerprint density at radius 2 is 1.59 bits per heavy atom. The minimum atomic E-state index is -0.772. The van der Waals surface area contributed by atoms with E-state index in [2.05, 4.69) is 0 Å². The number of benzene rings is 2. The highest BCUT2D eigenvalue weighted by atomic mass is 35.5. The van der Waals surface area contributed by atoms with Gasteiger partial charge in [-0.05, 0) is 79.6 Å². The highest BCUT2D eigenvalue weighted by Crippen LogP contribution is 2.46. The van der Waals surface area contributed by atoms with Gasteiger partial charge in [-0.25, -0.2) is 0 Å². The molecule has 3 nitrogen and oxygen atoms in total. The lowest BCUT2D eigenvalue weighted by Gasteiger charge is -2.31. The van der Waals surface area contributed by atoms with E-state index in [1.165, 1.54) is 0 Å². The lowest BCUT2D eigenvalue weighted by Crippen LogP contribution is -2.38. The molecule has 27 heavy (non-hydrogen) atoms. The van der Waals surface area contributed by atoms with Crippen molar-refractivity contribution in [1.29, 1.82) is 0 Å². The van der Waals surface area contributed by atoms with E-state index in [9.17, 15) is 9.90 Å². The maximum atomic E-state index is 12.9. The Labute approximate surface area is 168 Å². The first-order chi connectivity index (χ1) is 12.7. The van der Waals surface area contributed by atoms with Crippen molar-refractivity contribution in [3.8, 4) is 11.1 Å². The van der Waals surface area contributed by atoms with Crippen LogP contribution in [0.25, 0.3) is 16.7 Å². The zero-order valence-corrected chi connectivity index (χ0v) is 16.9. The molecule has 2 heterocycles. The molecule has 1 fully saturated rings. The summed E-state index contributed by atoms with van der Waals surface area (Å²) in [5, 5.41) is 12.0. The monoisotopic (exact) mass is 402 g/mol. The van der Waals surface area contributed by atoms with Crippen molar-refractivity contribution in [3.63, 3.8) is 0 Å². The number of rotatable bonds is 2. The van der Waals surface area contributed by atoms with Crippen LogP contribution in [0.5, 0.6) is 0 Å². The Hall–Kier alpha value is -1.81. The van der Waals surface area contributed by atoms with Crippen LogP contribution in [-0.2, 0) is 9.53 Å². The molecule has 0 saturated carbocycles. The molecule has 5 heteroatoms. The van der Waals surface area contributed by atoms with Crippen LogP contribution < -0.4 is 0 Å². The second-order valence-corrected chi connectivity index (χ2v) is 8.48. The summed E-state index contributed by atoms with van der Waals surface area (Å²) < 4.78 is 5.77. The average molecular weight is 403 g/mol. The fraction of sp³-hybridized carbons (Fsp3) is 0.318.